The van der Waals surface area contributed by atoms with Gasteiger partial charge < -0.3 is 15.2 Å². The van der Waals surface area contributed by atoms with Crippen LogP contribution in [0.25, 0.3) is 0 Å². The molecule has 2 rings (SSSR count). The summed E-state index contributed by atoms with van der Waals surface area (Å²) in [5.74, 6) is -1.33. The molecule has 1 fully saturated rings. The second kappa shape index (κ2) is 7.78. The minimum atomic E-state index is -3.55. The molecule has 1 unspecified atom stereocenters. The lowest BCUT2D eigenvalue weighted by Crippen LogP contribution is -2.38. The van der Waals surface area contributed by atoms with Gasteiger partial charge in [0, 0.05) is 5.38 Å². The van der Waals surface area contributed by atoms with Crippen molar-refractivity contribution >= 4 is 38.6 Å². The lowest BCUT2D eigenvalue weighted by atomic mass is 10.2. The first-order valence-electron chi connectivity index (χ1n) is 8.17. The van der Waals surface area contributed by atoms with Gasteiger partial charge >= 0.3 is 12.1 Å². The second-order valence-corrected chi connectivity index (χ2v) is 9.87. The molecule has 1 amide bonds. The molecule has 9 nitrogen and oxygen atoms in total. The largest absolute Gasteiger partial charge is 0.479 e. The van der Waals surface area contributed by atoms with E-state index < -0.39 is 39.0 Å². The smallest absolute Gasteiger partial charge is 0.408 e. The standard InChI is InChI=1S/C15H23N3O6S2/c1-15(2,3)24-14(21)17-11(12(19)20)10-8-25-13(16-10)18-26(22,23)9-6-4-5-7-9/h8-9,11H,4-7H2,1-3H3,(H,16,18)(H,17,21)(H,19,20). The van der Waals surface area contributed by atoms with Gasteiger partial charge in [-0.1, -0.05) is 12.8 Å². The molecule has 1 aromatic heterocycles. The molecule has 0 bridgehead atoms. The molecule has 1 heterocycles. The maximum Gasteiger partial charge on any atom is 0.408 e. The monoisotopic (exact) mass is 405 g/mol. The number of carbonyl (C=O) groups is 2. The zero-order chi connectivity index (χ0) is 19.5. The van der Waals surface area contributed by atoms with Crippen LogP contribution in [0.5, 0.6) is 0 Å². The summed E-state index contributed by atoms with van der Waals surface area (Å²) in [4.78, 5) is 27.3. The van der Waals surface area contributed by atoms with Crippen molar-refractivity contribution in [2.45, 2.75) is 63.3 Å². The van der Waals surface area contributed by atoms with Crippen LogP contribution in [0, 0.1) is 0 Å². The number of ether oxygens (including phenoxy) is 1. The van der Waals surface area contributed by atoms with E-state index in [1.807, 2.05) is 0 Å². The Morgan fingerprint density at radius 2 is 1.96 bits per heavy atom. The molecule has 0 spiro atoms. The average Bonchev–Trinajstić information content (AvgIpc) is 3.13. The van der Waals surface area contributed by atoms with E-state index in [1.165, 1.54) is 5.38 Å². The number of thiazole rings is 1. The second-order valence-electron chi connectivity index (χ2n) is 7.05. The van der Waals surface area contributed by atoms with Crippen LogP contribution in [0.3, 0.4) is 0 Å². The number of hydrogen-bond acceptors (Lipinski definition) is 7. The summed E-state index contributed by atoms with van der Waals surface area (Å²) in [6.07, 6.45) is 2.05. The van der Waals surface area contributed by atoms with Crippen LogP contribution < -0.4 is 10.0 Å². The Balaban J connectivity index is 2.09. The highest BCUT2D eigenvalue weighted by atomic mass is 32.2. The van der Waals surface area contributed by atoms with E-state index in [1.54, 1.807) is 20.8 Å². The van der Waals surface area contributed by atoms with Crippen molar-refractivity contribution in [1.29, 1.82) is 0 Å². The first kappa shape index (κ1) is 20.4. The third-order valence-electron chi connectivity index (χ3n) is 3.70. The van der Waals surface area contributed by atoms with Gasteiger partial charge in [-0.25, -0.2) is 23.0 Å². The van der Waals surface area contributed by atoms with Crippen molar-refractivity contribution in [3.8, 4) is 0 Å². The van der Waals surface area contributed by atoms with Crippen LogP contribution in [0.1, 0.15) is 58.2 Å². The molecular weight excluding hydrogens is 382 g/mol. The van der Waals surface area contributed by atoms with Crippen molar-refractivity contribution in [1.82, 2.24) is 10.3 Å². The number of carboxylic acids is 1. The fraction of sp³-hybridized carbons (Fsp3) is 0.667. The molecule has 1 saturated carbocycles. The van der Waals surface area contributed by atoms with Crippen LogP contribution in [-0.2, 0) is 19.6 Å². The summed E-state index contributed by atoms with van der Waals surface area (Å²) in [7, 11) is -3.55. The third-order valence-corrected chi connectivity index (χ3v) is 6.43. The normalized spacial score (nSPS) is 16.9. The minimum Gasteiger partial charge on any atom is -0.479 e. The highest BCUT2D eigenvalue weighted by molar-refractivity contribution is 7.93. The van der Waals surface area contributed by atoms with Crippen LogP contribution in [0.2, 0.25) is 0 Å². The summed E-state index contributed by atoms with van der Waals surface area (Å²) in [5, 5.41) is 12.6. The number of carbonyl (C=O) groups excluding carboxylic acids is 1. The molecule has 26 heavy (non-hydrogen) atoms. The molecule has 11 heteroatoms. The van der Waals surface area contributed by atoms with Gasteiger partial charge in [-0.05, 0) is 33.6 Å². The van der Waals surface area contributed by atoms with E-state index in [0.29, 0.717) is 12.8 Å². The Kier molecular flexibility index (Phi) is 6.12. The number of rotatable bonds is 6. The Labute approximate surface area is 156 Å². The number of nitrogens with one attached hydrogen (secondary N) is 2. The molecule has 1 aromatic rings. The topological polar surface area (TPSA) is 135 Å². The zero-order valence-electron chi connectivity index (χ0n) is 14.8. The van der Waals surface area contributed by atoms with E-state index >= 15 is 0 Å². The maximum atomic E-state index is 12.3. The molecule has 1 aliphatic carbocycles. The average molecular weight is 405 g/mol. The summed E-state index contributed by atoms with van der Waals surface area (Å²) in [6.45, 7) is 4.96. The van der Waals surface area contributed by atoms with Crippen LogP contribution in [0.15, 0.2) is 5.38 Å². The fourth-order valence-electron chi connectivity index (χ4n) is 2.56. The Morgan fingerprint density at radius 1 is 1.35 bits per heavy atom. The van der Waals surface area contributed by atoms with Gasteiger partial charge in [0.15, 0.2) is 11.2 Å². The molecule has 1 aliphatic rings. The Bertz CT molecular complexity index is 763. The van der Waals surface area contributed by atoms with Gasteiger partial charge in [-0.2, -0.15) is 0 Å². The van der Waals surface area contributed by atoms with Gasteiger partial charge in [0.05, 0.1) is 10.9 Å². The van der Waals surface area contributed by atoms with Crippen molar-refractivity contribution in [3.05, 3.63) is 11.1 Å². The predicted molar refractivity (Wildman–Crippen MR) is 96.7 cm³/mol. The number of hydrogen-bond donors (Lipinski definition) is 3. The van der Waals surface area contributed by atoms with Crippen molar-refractivity contribution in [2.24, 2.45) is 0 Å². The van der Waals surface area contributed by atoms with Gasteiger partial charge in [0.2, 0.25) is 10.0 Å². The number of nitrogens with zero attached hydrogens (tertiary/aromatic N) is 1. The van der Waals surface area contributed by atoms with E-state index in [4.69, 9.17) is 4.74 Å². The quantitative estimate of drug-likeness (QED) is 0.661. The lowest BCUT2D eigenvalue weighted by molar-refractivity contribution is -0.139. The lowest BCUT2D eigenvalue weighted by Gasteiger charge is -2.21. The zero-order valence-corrected chi connectivity index (χ0v) is 16.4. The van der Waals surface area contributed by atoms with E-state index in [0.717, 1.165) is 24.2 Å². The van der Waals surface area contributed by atoms with E-state index in [2.05, 4.69) is 15.0 Å². The third kappa shape index (κ3) is 5.56. The number of anilines is 1. The van der Waals surface area contributed by atoms with Crippen molar-refractivity contribution < 1.29 is 27.9 Å². The van der Waals surface area contributed by atoms with Gasteiger partial charge in [-0.3, -0.25) is 4.72 Å². The van der Waals surface area contributed by atoms with Crippen LogP contribution in [-0.4, -0.2) is 41.4 Å². The van der Waals surface area contributed by atoms with Crippen molar-refractivity contribution in [3.63, 3.8) is 0 Å². The maximum absolute atomic E-state index is 12.3. The highest BCUT2D eigenvalue weighted by Gasteiger charge is 2.31. The fourth-order valence-corrected chi connectivity index (χ4v) is 5.09. The first-order chi connectivity index (χ1) is 12.0. The number of aromatic nitrogens is 1. The van der Waals surface area contributed by atoms with Gasteiger partial charge in [0.1, 0.15) is 5.60 Å². The molecule has 3 N–H and O–H groups in total. The predicted octanol–water partition coefficient (Wildman–Crippen LogP) is 2.48. The van der Waals surface area contributed by atoms with Crippen LogP contribution >= 0.6 is 11.3 Å². The Morgan fingerprint density at radius 3 is 2.50 bits per heavy atom. The first-order valence-corrected chi connectivity index (χ1v) is 10.6. The molecule has 0 aliphatic heterocycles. The minimum absolute atomic E-state index is 0.0254. The van der Waals surface area contributed by atoms with Crippen LogP contribution in [0.4, 0.5) is 9.93 Å². The van der Waals surface area contributed by atoms with Gasteiger partial charge in [0.25, 0.3) is 0 Å². The molecule has 0 radical (unpaired) electrons. The molecule has 1 atom stereocenters. The number of aliphatic carboxylic acids is 1. The summed E-state index contributed by atoms with van der Waals surface area (Å²) in [5.41, 5.74) is -0.755. The van der Waals surface area contributed by atoms with Gasteiger partial charge in [-0.15, -0.1) is 11.3 Å². The highest BCUT2D eigenvalue weighted by Crippen LogP contribution is 2.28. The van der Waals surface area contributed by atoms with E-state index in [-0.39, 0.29) is 10.8 Å². The molecule has 146 valence electrons. The van der Waals surface area contributed by atoms with Crippen molar-refractivity contribution in [2.75, 3.05) is 4.72 Å². The molecule has 0 saturated heterocycles. The van der Waals surface area contributed by atoms with E-state index in [9.17, 15) is 23.1 Å². The number of carboxylic acid groups (broad SMARTS) is 1. The summed E-state index contributed by atoms with van der Waals surface area (Å²) in [6, 6.07) is -1.44. The molecular formula is C15H23N3O6S2. The number of sulfonamides is 1. The number of amides is 1. The number of alkyl carbamates (subject to hydrolysis) is 1. The SMILES string of the molecule is CC(C)(C)OC(=O)NC(C(=O)O)c1csc(NS(=O)(=O)C2CCCC2)n1. The summed E-state index contributed by atoms with van der Waals surface area (Å²) >= 11 is 0.964. The Hall–Kier alpha value is -1.88. The molecule has 0 aromatic carbocycles. The summed E-state index contributed by atoms with van der Waals surface area (Å²) < 4.78 is 32.1.